The summed E-state index contributed by atoms with van der Waals surface area (Å²) in [5.41, 5.74) is 0. The van der Waals surface area contributed by atoms with Crippen LogP contribution in [0.4, 0.5) is 4.79 Å². The molecule has 5 atom stereocenters. The summed E-state index contributed by atoms with van der Waals surface area (Å²) in [5.74, 6) is 0. The van der Waals surface area contributed by atoms with Gasteiger partial charge in [0.1, 0.15) is 12.5 Å². The van der Waals surface area contributed by atoms with Gasteiger partial charge in [0.15, 0.2) is 0 Å². The second kappa shape index (κ2) is 8.37. The smallest absolute Gasteiger partial charge is 0.370 e. The molecule has 0 saturated carbocycles. The van der Waals surface area contributed by atoms with Gasteiger partial charge in [-0.1, -0.05) is 0 Å². The van der Waals surface area contributed by atoms with Crippen molar-refractivity contribution in [2.45, 2.75) is 31.4 Å². The van der Waals surface area contributed by atoms with E-state index in [0.29, 0.717) is 6.42 Å². The summed E-state index contributed by atoms with van der Waals surface area (Å²) >= 11 is 0. The van der Waals surface area contributed by atoms with Crippen molar-refractivity contribution in [2.75, 3.05) is 6.61 Å². The molecular weight excluding hydrogens is 437 g/mol. The largest absolute Gasteiger partial charge is 0.490 e. The van der Waals surface area contributed by atoms with Crippen molar-refractivity contribution in [3.05, 3.63) is 12.3 Å². The maximum Gasteiger partial charge on any atom is 0.490 e. The van der Waals surface area contributed by atoms with Crippen LogP contribution < -0.4 is 5.32 Å². The predicted octanol–water partition coefficient (Wildman–Crippen LogP) is -0.308. The Morgan fingerprint density at radius 2 is 1.81 bits per heavy atom. The molecule has 0 aromatic rings. The van der Waals surface area contributed by atoms with E-state index in [4.69, 9.17) is 19.4 Å². The van der Waals surface area contributed by atoms with E-state index < -0.39 is 54.7 Å². The number of nitrogens with one attached hydrogen (secondary N) is 1. The van der Waals surface area contributed by atoms with Crippen molar-refractivity contribution in [3.8, 4) is 0 Å². The summed E-state index contributed by atoms with van der Waals surface area (Å²) in [6.45, 7) is -0.595. The molecule has 27 heavy (non-hydrogen) atoms. The zero-order chi connectivity index (χ0) is 20.5. The second-order valence-electron chi connectivity index (χ2n) is 5.32. The summed E-state index contributed by atoms with van der Waals surface area (Å²) in [5, 5.41) is 11.5. The van der Waals surface area contributed by atoms with Crippen molar-refractivity contribution in [1.82, 2.24) is 10.2 Å². The Morgan fingerprint density at radius 1 is 1.15 bits per heavy atom. The fourth-order valence-corrected chi connectivity index (χ4v) is 5.26. The molecule has 2 heterocycles. The summed E-state index contributed by atoms with van der Waals surface area (Å²) in [6, 6.07) is -0.622. The van der Waals surface area contributed by atoms with Gasteiger partial charge in [0.25, 0.3) is 0 Å². The van der Waals surface area contributed by atoms with Gasteiger partial charge in [-0.3, -0.25) is 9.42 Å². The van der Waals surface area contributed by atoms with E-state index in [9.17, 15) is 28.5 Å². The fraction of sp³-hybridized carbons (Fsp3) is 0.667. The number of aliphatic hydroxyl groups excluding tert-OH is 1. The van der Waals surface area contributed by atoms with Crippen LogP contribution in [0, 0.1) is 0 Å². The molecule has 0 aromatic carbocycles. The molecule has 15 nitrogen and oxygen atoms in total. The minimum Gasteiger partial charge on any atom is -0.370 e. The number of aliphatic hydroxyl groups is 1. The molecule has 1 fully saturated rings. The number of ether oxygens (including phenoxy) is 1. The number of nitrogens with zero attached hydrogens (tertiary/aromatic N) is 1. The first kappa shape index (κ1) is 22.6. The van der Waals surface area contributed by atoms with Crippen LogP contribution in [0.15, 0.2) is 12.3 Å². The first-order valence-corrected chi connectivity index (χ1v) is 11.7. The van der Waals surface area contributed by atoms with E-state index in [1.54, 1.807) is 0 Å². The normalized spacial score (nSPS) is 30.6. The molecule has 18 heteroatoms. The van der Waals surface area contributed by atoms with Crippen molar-refractivity contribution in [2.24, 2.45) is 0 Å². The minimum absolute atomic E-state index is 0.278. The molecule has 0 spiro atoms. The fourth-order valence-electron chi connectivity index (χ4n) is 2.21. The average molecular weight is 454 g/mol. The lowest BCUT2D eigenvalue weighted by molar-refractivity contribution is -0.0388. The van der Waals surface area contributed by atoms with E-state index in [1.165, 1.54) is 12.3 Å². The molecule has 0 aliphatic carbocycles. The molecule has 0 aromatic heterocycles. The standard InChI is InChI=1S/C9H17N2O13P3/c12-7-3-4-11(9(13)10-7)8-2-1-6(22-8)5-21-26(17,18)24-27(19,20)23-25(14,15)16/h3-4,6-8,12H,1-2,5H2,(H,10,13)(H,17,18)(H,19,20)(H2,14,15,16)/t6-,7?,8?/m0/s1. The topological polar surface area (TPSA) is 222 Å². The highest BCUT2D eigenvalue weighted by molar-refractivity contribution is 7.66. The van der Waals surface area contributed by atoms with Gasteiger partial charge in [0.05, 0.1) is 12.7 Å². The number of urea groups is 1. The molecule has 0 radical (unpaired) electrons. The van der Waals surface area contributed by atoms with Gasteiger partial charge in [0.2, 0.25) is 0 Å². The van der Waals surface area contributed by atoms with Crippen LogP contribution in [-0.4, -0.2) is 60.8 Å². The van der Waals surface area contributed by atoms with Crippen LogP contribution in [0.25, 0.3) is 0 Å². The summed E-state index contributed by atoms with van der Waals surface area (Å²) in [7, 11) is -16.3. The van der Waals surface area contributed by atoms with Gasteiger partial charge in [-0.05, 0) is 18.9 Å². The van der Waals surface area contributed by atoms with Gasteiger partial charge in [-0.25, -0.2) is 18.5 Å². The Balaban J connectivity index is 1.85. The molecule has 156 valence electrons. The second-order valence-corrected chi connectivity index (χ2v) is 9.74. The van der Waals surface area contributed by atoms with E-state index in [1.807, 2.05) is 0 Å². The van der Waals surface area contributed by atoms with Crippen LogP contribution in [0.3, 0.4) is 0 Å². The third-order valence-corrected chi connectivity index (χ3v) is 6.97. The Hall–Kier alpha value is -0.660. The van der Waals surface area contributed by atoms with Crippen LogP contribution in [0.2, 0.25) is 0 Å². The number of carbonyl (C=O) groups excluding carboxylic acids is 1. The average Bonchev–Trinajstić information content (AvgIpc) is 2.90. The maximum absolute atomic E-state index is 11.7. The zero-order valence-corrected chi connectivity index (χ0v) is 16.0. The SMILES string of the molecule is O=C1NC(O)C=CN1C1CC[C@@H](COP(=O)(O)OP(=O)(O)OP(=O)(O)O)O1. The van der Waals surface area contributed by atoms with Gasteiger partial charge in [0, 0.05) is 6.20 Å². The number of rotatable bonds is 8. The van der Waals surface area contributed by atoms with Crippen LogP contribution in [-0.2, 0) is 31.6 Å². The first-order valence-electron chi connectivity index (χ1n) is 7.15. The number of amides is 2. The minimum atomic E-state index is -5.58. The molecule has 2 amide bonds. The molecule has 2 rings (SSSR count). The Morgan fingerprint density at radius 3 is 2.41 bits per heavy atom. The lowest BCUT2D eigenvalue weighted by Gasteiger charge is -2.29. The van der Waals surface area contributed by atoms with Crippen molar-refractivity contribution in [1.29, 1.82) is 0 Å². The molecule has 2 aliphatic heterocycles. The first-order chi connectivity index (χ1) is 12.3. The Kier molecular flexibility index (Phi) is 7.02. The Labute approximate surface area is 152 Å². The summed E-state index contributed by atoms with van der Waals surface area (Å²) in [4.78, 5) is 48.2. The molecule has 4 unspecified atom stereocenters. The van der Waals surface area contributed by atoms with E-state index in [2.05, 4.69) is 18.5 Å². The van der Waals surface area contributed by atoms with E-state index in [0.717, 1.165) is 4.90 Å². The lowest BCUT2D eigenvalue weighted by atomic mass is 10.2. The predicted molar refractivity (Wildman–Crippen MR) is 83.2 cm³/mol. The number of carbonyl (C=O) groups is 1. The molecule has 0 bridgehead atoms. The highest BCUT2D eigenvalue weighted by Crippen LogP contribution is 2.66. The number of phosphoric acid groups is 3. The quantitative estimate of drug-likeness (QED) is 0.259. The third-order valence-electron chi connectivity index (χ3n) is 3.17. The van der Waals surface area contributed by atoms with Crippen LogP contribution in [0.5, 0.6) is 0 Å². The van der Waals surface area contributed by atoms with E-state index in [-0.39, 0.29) is 6.42 Å². The van der Waals surface area contributed by atoms with Crippen molar-refractivity contribution >= 4 is 29.5 Å². The van der Waals surface area contributed by atoms with Crippen molar-refractivity contribution < 1.29 is 61.1 Å². The Bertz CT molecular complexity index is 737. The number of hydrogen-bond acceptors (Lipinski definition) is 9. The number of phosphoric ester groups is 1. The summed E-state index contributed by atoms with van der Waals surface area (Å²) < 4.78 is 50.4. The highest BCUT2D eigenvalue weighted by Gasteiger charge is 2.42. The lowest BCUT2D eigenvalue weighted by Crippen LogP contribution is -2.49. The molecular formula is C9H17N2O13P3. The summed E-state index contributed by atoms with van der Waals surface area (Å²) in [6.07, 6.45) is 0.523. The van der Waals surface area contributed by atoms with Gasteiger partial charge < -0.3 is 34.7 Å². The van der Waals surface area contributed by atoms with Gasteiger partial charge in [-0.2, -0.15) is 8.62 Å². The highest BCUT2D eigenvalue weighted by atomic mass is 31.3. The van der Waals surface area contributed by atoms with Crippen molar-refractivity contribution in [3.63, 3.8) is 0 Å². The van der Waals surface area contributed by atoms with E-state index >= 15 is 0 Å². The van der Waals surface area contributed by atoms with Crippen LogP contribution >= 0.6 is 23.5 Å². The monoisotopic (exact) mass is 454 g/mol. The number of hydrogen-bond donors (Lipinski definition) is 6. The van der Waals surface area contributed by atoms with Gasteiger partial charge in [-0.15, -0.1) is 0 Å². The maximum atomic E-state index is 11.7. The van der Waals surface area contributed by atoms with Crippen LogP contribution in [0.1, 0.15) is 12.8 Å². The molecule has 2 aliphatic rings. The third kappa shape index (κ3) is 7.35. The molecule has 1 saturated heterocycles. The molecule has 6 N–H and O–H groups in total. The zero-order valence-electron chi connectivity index (χ0n) is 13.3. The van der Waals surface area contributed by atoms with Gasteiger partial charge >= 0.3 is 29.5 Å².